The van der Waals surface area contributed by atoms with Crippen molar-refractivity contribution in [2.45, 2.75) is 137 Å². The lowest BCUT2D eigenvalue weighted by Gasteiger charge is -2.11. The number of fused-ring (bicyclic) bond motifs is 7. The Labute approximate surface area is 715 Å². The fourth-order valence-electron chi connectivity index (χ4n) is 10.6. The third-order valence-corrected chi connectivity index (χ3v) is 19.8. The van der Waals surface area contributed by atoms with Crippen LogP contribution in [-0.4, -0.2) is 115 Å². The lowest BCUT2D eigenvalue weighted by molar-refractivity contribution is -0.389. The Morgan fingerprint density at radius 1 is 0.500 bits per heavy atom. The zero-order chi connectivity index (χ0) is 87.3. The largest absolute Gasteiger partial charge is 0.497 e. The molecule has 12 heterocycles. The molecule has 7 aromatic carbocycles. The van der Waals surface area contributed by atoms with Crippen molar-refractivity contribution in [2.75, 3.05) is 14.2 Å². The van der Waals surface area contributed by atoms with E-state index in [0.29, 0.717) is 16.6 Å². The van der Waals surface area contributed by atoms with Gasteiger partial charge in [0.25, 0.3) is 0 Å². The Bertz CT molecular complexity index is 6030. The van der Waals surface area contributed by atoms with Gasteiger partial charge in [0, 0.05) is 73.4 Å². The normalized spacial score (nSPS) is 10.4. The second-order valence-electron chi connectivity index (χ2n) is 27.8. The SMILES string of the molecule is COc1ccc2nc(C)[nH]c2c1.COc1ccc2nc(C)sc2c1.Cc1cc(C(C)(C)C)on1.Cc1ccc2nc(C)oc2c1.Cc1ccc2nc(C)sc2c1.Cc1cccc([N+](=O)[O-])n1.Cc1nc2cc(C)c(C)cc2[nH]1.Cc1nc2cc(Cl)ccc2o1.Cc1nc2ccc(C(=O)O)cc2[nH]1.Cc1ncc[nH]1.Cc1nccs1.Cc1nncs1. The molecule has 0 fully saturated rings. The van der Waals surface area contributed by atoms with Gasteiger partial charge in [-0.1, -0.05) is 49.7 Å². The number of nitrogens with one attached hydrogen (secondary N) is 4. The average molecular weight is 1710 g/mol. The van der Waals surface area contributed by atoms with Crippen LogP contribution in [0.1, 0.15) is 126 Å². The quantitative estimate of drug-likeness (QED) is 0.0807. The summed E-state index contributed by atoms with van der Waals surface area (Å²) >= 11 is 12.4. The Hall–Kier alpha value is -12.8. The predicted molar refractivity (Wildman–Crippen MR) is 483 cm³/mol. The first kappa shape index (κ1) is 92.7. The Morgan fingerprint density at radius 2 is 1.06 bits per heavy atom. The van der Waals surface area contributed by atoms with Crippen LogP contribution in [0.3, 0.4) is 0 Å². The number of hydrogen-bond acceptors (Lipinski definition) is 25. The average Bonchev–Trinajstić information content (AvgIpc) is 1.30. The maximum Gasteiger partial charge on any atom is 0.363 e. The molecule has 19 aromatic rings. The van der Waals surface area contributed by atoms with Crippen LogP contribution in [0, 0.1) is 121 Å². The van der Waals surface area contributed by atoms with Crippen molar-refractivity contribution < 1.29 is 37.7 Å². The van der Waals surface area contributed by atoms with Crippen LogP contribution in [-0.2, 0) is 5.41 Å². The van der Waals surface area contributed by atoms with Crippen LogP contribution in [0.2, 0.25) is 5.02 Å². The topological polar surface area (TPSA) is 369 Å². The number of aromatic carboxylic acids is 1. The summed E-state index contributed by atoms with van der Waals surface area (Å²) in [5.74, 6) is 6.74. The van der Waals surface area contributed by atoms with Gasteiger partial charge in [-0.15, -0.1) is 55.5 Å². The van der Waals surface area contributed by atoms with E-state index in [9.17, 15) is 14.9 Å². The summed E-state index contributed by atoms with van der Waals surface area (Å²) in [6.07, 6.45) is 5.34. The number of aromatic nitrogens is 17. The third-order valence-electron chi connectivity index (χ3n) is 16.4. The summed E-state index contributed by atoms with van der Waals surface area (Å²) in [6, 6.07) is 45.2. The van der Waals surface area contributed by atoms with E-state index in [0.717, 1.165) is 139 Å². The second kappa shape index (κ2) is 44.7. The molecular formula is C88H97ClN18O9S4. The van der Waals surface area contributed by atoms with Crippen LogP contribution in [0.15, 0.2) is 188 Å². The first-order chi connectivity index (χ1) is 57.1. The fourth-order valence-corrected chi connectivity index (χ4v) is 13.3. The van der Waals surface area contributed by atoms with Crippen molar-refractivity contribution in [2.24, 2.45) is 0 Å². The highest BCUT2D eigenvalue weighted by molar-refractivity contribution is 7.18. The monoisotopic (exact) mass is 1710 g/mol. The van der Waals surface area contributed by atoms with Crippen molar-refractivity contribution >= 4 is 144 Å². The lowest BCUT2D eigenvalue weighted by atomic mass is 9.93. The number of ether oxygens (including phenoxy) is 2. The molecule has 0 aliphatic rings. The molecule has 0 radical (unpaired) electrons. The number of nitro groups is 1. The smallest absolute Gasteiger partial charge is 0.363 e. The minimum atomic E-state index is -0.922. The van der Waals surface area contributed by atoms with E-state index in [1.807, 2.05) is 155 Å². The third kappa shape index (κ3) is 30.0. The minimum absolute atomic E-state index is 0.0846. The van der Waals surface area contributed by atoms with E-state index in [1.165, 1.54) is 37.7 Å². The molecule has 27 nitrogen and oxygen atoms in total. The van der Waals surface area contributed by atoms with Gasteiger partial charge in [-0.25, -0.2) is 44.7 Å². The van der Waals surface area contributed by atoms with Crippen LogP contribution < -0.4 is 9.47 Å². The van der Waals surface area contributed by atoms with Gasteiger partial charge >= 0.3 is 11.8 Å². The molecule has 19 rings (SSSR count). The number of oxazole rings is 2. The zero-order valence-electron chi connectivity index (χ0n) is 70.7. The summed E-state index contributed by atoms with van der Waals surface area (Å²) < 4.78 is 28.3. The Kier molecular flexibility index (Phi) is 34.5. The maximum absolute atomic E-state index is 10.6. The van der Waals surface area contributed by atoms with E-state index in [4.69, 9.17) is 39.5 Å². The molecule has 0 amide bonds. The zero-order valence-corrected chi connectivity index (χ0v) is 74.8. The number of benzene rings is 7. The Morgan fingerprint density at radius 3 is 1.55 bits per heavy atom. The number of imidazole rings is 4. The van der Waals surface area contributed by atoms with E-state index >= 15 is 0 Å². The summed E-state index contributed by atoms with van der Waals surface area (Å²) in [6.45, 7) is 37.6. The van der Waals surface area contributed by atoms with Gasteiger partial charge in [0.15, 0.2) is 22.9 Å². The molecule has 12 aromatic heterocycles. The molecule has 32 heteroatoms. The number of H-pyrrole nitrogens is 4. The van der Waals surface area contributed by atoms with Crippen molar-refractivity contribution in [1.29, 1.82) is 0 Å². The molecule has 0 saturated carbocycles. The number of hydrogen-bond donors (Lipinski definition) is 5. The molecule has 5 N–H and O–H groups in total. The number of halogens is 1. The first-order valence-corrected chi connectivity index (χ1v) is 41.2. The lowest BCUT2D eigenvalue weighted by Crippen LogP contribution is -2.09. The van der Waals surface area contributed by atoms with Gasteiger partial charge in [0.05, 0.1) is 94.0 Å². The number of pyridine rings is 1. The van der Waals surface area contributed by atoms with Crippen molar-refractivity contribution in [3.8, 4) is 11.5 Å². The molecular weight excluding hydrogens is 1620 g/mol. The number of aryl methyl sites for hydroxylation is 16. The van der Waals surface area contributed by atoms with E-state index < -0.39 is 10.9 Å². The molecule has 0 atom stereocenters. The van der Waals surface area contributed by atoms with Crippen LogP contribution >= 0.6 is 56.9 Å². The molecule has 120 heavy (non-hydrogen) atoms. The van der Waals surface area contributed by atoms with Gasteiger partial charge < -0.3 is 58.0 Å². The van der Waals surface area contributed by atoms with Gasteiger partial charge in [-0.3, -0.25) is 4.98 Å². The molecule has 0 aliphatic carbocycles. The van der Waals surface area contributed by atoms with Crippen LogP contribution in [0.4, 0.5) is 5.82 Å². The van der Waals surface area contributed by atoms with Gasteiger partial charge in [-0.05, 0) is 237 Å². The number of carboxylic acids is 1. The first-order valence-electron chi connectivity index (χ1n) is 37.4. The fraction of sp³-hybridized carbons (Fsp3) is 0.250. The van der Waals surface area contributed by atoms with Crippen molar-refractivity contribution in [3.63, 3.8) is 0 Å². The summed E-state index contributed by atoms with van der Waals surface area (Å²) in [7, 11) is 3.33. The van der Waals surface area contributed by atoms with Crippen molar-refractivity contribution in [1.82, 2.24) is 85.1 Å². The number of rotatable bonds is 4. The summed E-state index contributed by atoms with van der Waals surface area (Å²) in [5, 5.41) is 36.9. The van der Waals surface area contributed by atoms with Gasteiger partial charge in [0.1, 0.15) is 67.8 Å². The molecule has 624 valence electrons. The predicted octanol–water partition coefficient (Wildman–Crippen LogP) is 23.3. The van der Waals surface area contributed by atoms with E-state index in [2.05, 4.69) is 157 Å². The van der Waals surface area contributed by atoms with E-state index in [-0.39, 0.29) is 16.8 Å². The number of aromatic amines is 4. The van der Waals surface area contributed by atoms with Crippen LogP contribution in [0.5, 0.6) is 11.5 Å². The number of methoxy groups -OCH3 is 2. The second-order valence-corrected chi connectivity index (χ2v) is 32.9. The van der Waals surface area contributed by atoms with Crippen molar-refractivity contribution in [3.05, 3.63) is 290 Å². The Balaban J connectivity index is 0.000000164. The highest BCUT2D eigenvalue weighted by atomic mass is 35.5. The molecule has 0 bridgehead atoms. The summed E-state index contributed by atoms with van der Waals surface area (Å²) in [4.78, 5) is 73.7. The number of thiazole rings is 3. The maximum atomic E-state index is 10.6. The standard InChI is InChI=1S/C10H12N2.C9H8N2O2.C9H10N2O.C9H9NOS.C9H9NO.C9H9NS.C8H6ClNO.C8H13NO.C6H6N2O2.C4H6N2.C4H5NS.C3H4N2S/c1-6-4-9-10(5-7(6)2)12-8(3)11-9;1-5-10-7-3-2-6(9(12)13)4-8(7)11-5;1-6-10-8-4-3-7(12-2)5-9(8)11-6;1-6-10-8-4-3-7(11-2)5-9(8)12-6;2*1-6-3-4-8-9(5-6)11-7(2)10-8;1-5-10-7-4-6(9)2-3-8(7)11-5;1-6-5-7(10-9-6)8(2,3)4;1-5-3-2-4-6(7-5)8(9)10;2*1-4-5-2-3-6-4;1-3-5-4-2-6-3/h4-5H,1-3H3,(H,11,12);2-4H,1H3,(H,10,11)(H,12,13);3-5H,1-2H3,(H,10,11);3-5H,1-2H3;2*3-5H,1-2H3;2-4H,1H3;5H,1-4H3;2-4H,1H3;2-3H,1H3,(H,5,6);2-3H,1H3;2H,1H3. The molecule has 0 spiro atoms. The highest BCUT2D eigenvalue weighted by Crippen LogP contribution is 2.28. The van der Waals surface area contributed by atoms with E-state index in [1.54, 1.807) is 133 Å². The summed E-state index contributed by atoms with van der Waals surface area (Å²) in [5.41, 5.74) is 20.2. The molecule has 0 unspecified atom stereocenters. The van der Waals surface area contributed by atoms with Crippen LogP contribution in [0.25, 0.3) is 75.7 Å². The highest BCUT2D eigenvalue weighted by Gasteiger charge is 2.18. The minimum Gasteiger partial charge on any atom is -0.497 e. The van der Waals surface area contributed by atoms with Gasteiger partial charge in [0.2, 0.25) is 0 Å². The molecule has 0 saturated heterocycles. The number of nitrogens with zero attached hydrogens (tertiary/aromatic N) is 14. The number of carboxylic acid groups (broad SMARTS) is 1. The number of carbonyl (C=O) groups is 1. The molecule has 0 aliphatic heterocycles. The van der Waals surface area contributed by atoms with Gasteiger partial charge in [-0.2, -0.15) is 0 Å².